The van der Waals surface area contributed by atoms with Crippen LogP contribution in [0.1, 0.15) is 31.4 Å². The second-order valence-electron chi connectivity index (χ2n) is 6.35. The number of hydrogen-bond acceptors (Lipinski definition) is 5. The molecule has 2 aliphatic rings. The number of ether oxygens (including phenoxy) is 2. The Bertz CT molecular complexity index is 761. The lowest BCUT2D eigenvalue weighted by Crippen LogP contribution is -2.34. The molecule has 0 saturated heterocycles. The fourth-order valence-electron chi connectivity index (χ4n) is 3.22. The van der Waals surface area contributed by atoms with Gasteiger partial charge >= 0.3 is 0 Å². The van der Waals surface area contributed by atoms with Gasteiger partial charge in [0.1, 0.15) is 0 Å². The monoisotopic (exact) mass is 356 g/mol. The van der Waals surface area contributed by atoms with Crippen LogP contribution in [0.2, 0.25) is 0 Å². The zero-order valence-electron chi connectivity index (χ0n) is 13.9. The lowest BCUT2D eigenvalue weighted by atomic mass is 10.2. The molecule has 1 aromatic heterocycles. The second kappa shape index (κ2) is 6.96. The highest BCUT2D eigenvalue weighted by Gasteiger charge is 2.44. The predicted octanol–water partition coefficient (Wildman–Crippen LogP) is 4.00. The summed E-state index contributed by atoms with van der Waals surface area (Å²) in [7, 11) is 0. The summed E-state index contributed by atoms with van der Waals surface area (Å²) < 4.78 is 12.0. The van der Waals surface area contributed by atoms with E-state index >= 15 is 0 Å². The van der Waals surface area contributed by atoms with E-state index in [1.165, 1.54) is 0 Å². The van der Waals surface area contributed by atoms with E-state index in [-0.39, 0.29) is 5.91 Å². The largest absolute Gasteiger partial charge is 0.448 e. The molecule has 1 saturated carbocycles. The van der Waals surface area contributed by atoms with Crippen molar-refractivity contribution in [2.75, 3.05) is 11.1 Å². The van der Waals surface area contributed by atoms with Gasteiger partial charge in [0, 0.05) is 36.5 Å². The van der Waals surface area contributed by atoms with Gasteiger partial charge in [0.05, 0.1) is 11.4 Å². The van der Waals surface area contributed by atoms with Crippen molar-refractivity contribution in [3.8, 4) is 11.5 Å². The molecule has 0 atom stereocenters. The van der Waals surface area contributed by atoms with Gasteiger partial charge < -0.3 is 14.8 Å². The van der Waals surface area contributed by atoms with Gasteiger partial charge in [-0.15, -0.1) is 11.8 Å². The average molecular weight is 356 g/mol. The predicted molar refractivity (Wildman–Crippen MR) is 97.9 cm³/mol. The van der Waals surface area contributed by atoms with E-state index in [0.29, 0.717) is 5.75 Å². The molecule has 130 valence electrons. The Hall–Kier alpha value is -2.21. The van der Waals surface area contributed by atoms with Crippen LogP contribution in [0.4, 0.5) is 5.69 Å². The number of aromatic nitrogens is 1. The minimum Gasteiger partial charge on any atom is -0.448 e. The SMILES string of the molecule is O=C(CSCc1ccccn1)Nc1ccc2c(c1)OC1(CCCC1)O2. The van der Waals surface area contributed by atoms with Crippen LogP contribution in [0.3, 0.4) is 0 Å². The molecule has 1 spiro atoms. The van der Waals surface area contributed by atoms with Crippen molar-refractivity contribution in [2.24, 2.45) is 0 Å². The molecule has 4 rings (SSSR count). The standard InChI is InChI=1S/C19H20N2O3S/c22-18(13-25-12-15-5-1-4-10-20-15)21-14-6-7-16-17(11-14)24-19(23-16)8-2-3-9-19/h1,4-7,10-11H,2-3,8-9,12-13H2,(H,21,22). The fraction of sp³-hybridized carbons (Fsp3) is 0.368. The van der Waals surface area contributed by atoms with E-state index in [1.807, 2.05) is 36.4 Å². The Morgan fingerprint density at radius 2 is 2.00 bits per heavy atom. The number of thioether (sulfide) groups is 1. The number of carbonyl (C=O) groups excluding carboxylic acids is 1. The van der Waals surface area contributed by atoms with Crippen LogP contribution in [0.25, 0.3) is 0 Å². The number of anilines is 1. The summed E-state index contributed by atoms with van der Waals surface area (Å²) in [5, 5.41) is 2.92. The summed E-state index contributed by atoms with van der Waals surface area (Å²) in [6.07, 6.45) is 5.87. The van der Waals surface area contributed by atoms with Gasteiger partial charge in [0.15, 0.2) is 11.5 Å². The van der Waals surface area contributed by atoms with Crippen molar-refractivity contribution in [3.05, 3.63) is 48.3 Å². The highest BCUT2D eigenvalue weighted by atomic mass is 32.2. The van der Waals surface area contributed by atoms with Gasteiger partial charge in [-0.3, -0.25) is 9.78 Å². The Labute approximate surface area is 151 Å². The van der Waals surface area contributed by atoms with Gasteiger partial charge in [0.2, 0.25) is 5.91 Å². The minimum atomic E-state index is -0.469. The molecule has 1 amide bonds. The van der Waals surface area contributed by atoms with Crippen LogP contribution in [0, 0.1) is 0 Å². The molecule has 2 heterocycles. The number of rotatable bonds is 5. The normalized spacial score (nSPS) is 17.0. The topological polar surface area (TPSA) is 60.5 Å². The van der Waals surface area contributed by atoms with E-state index in [2.05, 4.69) is 10.3 Å². The molecule has 0 unspecified atom stereocenters. The van der Waals surface area contributed by atoms with Crippen LogP contribution in [-0.4, -0.2) is 22.4 Å². The molecule has 1 aliphatic heterocycles. The van der Waals surface area contributed by atoms with E-state index < -0.39 is 5.79 Å². The first-order chi connectivity index (χ1) is 12.2. The molecule has 5 nitrogen and oxygen atoms in total. The molecule has 0 radical (unpaired) electrons. The quantitative estimate of drug-likeness (QED) is 0.877. The van der Waals surface area contributed by atoms with E-state index in [9.17, 15) is 4.79 Å². The van der Waals surface area contributed by atoms with Crippen LogP contribution in [0.15, 0.2) is 42.6 Å². The number of amides is 1. The van der Waals surface area contributed by atoms with Crippen LogP contribution in [-0.2, 0) is 10.5 Å². The molecule has 0 bridgehead atoms. The molecule has 1 aromatic carbocycles. The zero-order valence-corrected chi connectivity index (χ0v) is 14.7. The summed E-state index contributed by atoms with van der Waals surface area (Å²) in [5.41, 5.74) is 1.71. The summed E-state index contributed by atoms with van der Waals surface area (Å²) in [4.78, 5) is 16.4. The number of carbonyl (C=O) groups is 1. The number of benzene rings is 1. The summed E-state index contributed by atoms with van der Waals surface area (Å²) in [6, 6.07) is 11.4. The lowest BCUT2D eigenvalue weighted by molar-refractivity contribution is -0.113. The number of nitrogens with one attached hydrogen (secondary N) is 1. The first kappa shape index (κ1) is 16.3. The minimum absolute atomic E-state index is 0.0321. The molecule has 1 fully saturated rings. The smallest absolute Gasteiger partial charge is 0.251 e. The Morgan fingerprint density at radius 1 is 1.16 bits per heavy atom. The third kappa shape index (κ3) is 3.74. The zero-order chi connectivity index (χ0) is 17.1. The van der Waals surface area contributed by atoms with Crippen LogP contribution < -0.4 is 14.8 Å². The van der Waals surface area contributed by atoms with Crippen molar-refractivity contribution in [3.63, 3.8) is 0 Å². The maximum Gasteiger partial charge on any atom is 0.251 e. The molecule has 1 aliphatic carbocycles. The highest BCUT2D eigenvalue weighted by molar-refractivity contribution is 7.99. The number of fused-ring (bicyclic) bond motifs is 1. The molecule has 1 N–H and O–H groups in total. The Balaban J connectivity index is 1.31. The van der Waals surface area contributed by atoms with Crippen molar-refractivity contribution >= 4 is 23.4 Å². The van der Waals surface area contributed by atoms with Gasteiger partial charge in [-0.25, -0.2) is 0 Å². The number of pyridine rings is 1. The van der Waals surface area contributed by atoms with Gasteiger partial charge in [-0.2, -0.15) is 0 Å². The molecular weight excluding hydrogens is 336 g/mol. The van der Waals surface area contributed by atoms with Gasteiger partial charge in [0.25, 0.3) is 5.79 Å². The highest BCUT2D eigenvalue weighted by Crippen LogP contribution is 2.47. The fourth-order valence-corrected chi connectivity index (χ4v) is 3.96. The van der Waals surface area contributed by atoms with Crippen molar-refractivity contribution in [1.29, 1.82) is 0 Å². The first-order valence-corrected chi connectivity index (χ1v) is 9.68. The average Bonchev–Trinajstić information content (AvgIpc) is 3.21. The van der Waals surface area contributed by atoms with Crippen LogP contribution in [0.5, 0.6) is 11.5 Å². The molecular formula is C19H20N2O3S. The third-order valence-electron chi connectivity index (χ3n) is 4.39. The Kier molecular flexibility index (Phi) is 4.53. The lowest BCUT2D eigenvalue weighted by Gasteiger charge is -2.21. The van der Waals surface area contributed by atoms with E-state index in [1.54, 1.807) is 18.0 Å². The van der Waals surface area contributed by atoms with Gasteiger partial charge in [-0.1, -0.05) is 6.07 Å². The molecule has 25 heavy (non-hydrogen) atoms. The van der Waals surface area contributed by atoms with E-state index in [0.717, 1.165) is 54.3 Å². The van der Waals surface area contributed by atoms with Crippen molar-refractivity contribution in [1.82, 2.24) is 4.98 Å². The summed E-state index contributed by atoms with van der Waals surface area (Å²) in [6.45, 7) is 0. The third-order valence-corrected chi connectivity index (χ3v) is 5.36. The maximum atomic E-state index is 12.1. The second-order valence-corrected chi connectivity index (χ2v) is 7.33. The first-order valence-electron chi connectivity index (χ1n) is 8.52. The van der Waals surface area contributed by atoms with Crippen molar-refractivity contribution < 1.29 is 14.3 Å². The van der Waals surface area contributed by atoms with Gasteiger partial charge in [-0.05, 0) is 37.1 Å². The summed E-state index contributed by atoms with van der Waals surface area (Å²) in [5.74, 6) is 2.09. The molecule has 2 aromatic rings. The maximum absolute atomic E-state index is 12.1. The van der Waals surface area contributed by atoms with Crippen LogP contribution >= 0.6 is 11.8 Å². The number of nitrogens with zero attached hydrogens (tertiary/aromatic N) is 1. The molecule has 6 heteroatoms. The number of hydrogen-bond donors (Lipinski definition) is 1. The Morgan fingerprint density at radius 3 is 2.80 bits per heavy atom. The van der Waals surface area contributed by atoms with Crippen molar-refractivity contribution in [2.45, 2.75) is 37.2 Å². The van der Waals surface area contributed by atoms with E-state index in [4.69, 9.17) is 9.47 Å². The summed E-state index contributed by atoms with van der Waals surface area (Å²) >= 11 is 1.54.